The summed E-state index contributed by atoms with van der Waals surface area (Å²) in [7, 11) is 2.90. The fourth-order valence-electron chi connectivity index (χ4n) is 7.58. The predicted octanol–water partition coefficient (Wildman–Crippen LogP) is 6.49. The van der Waals surface area contributed by atoms with Gasteiger partial charge in [-0.05, 0) is 48.3 Å². The molecule has 0 nitrogen and oxygen atoms in total. The van der Waals surface area contributed by atoms with Gasteiger partial charge in [0.1, 0.15) is 7.28 Å². The van der Waals surface area contributed by atoms with Gasteiger partial charge in [-0.2, -0.15) is 0 Å². The minimum absolute atomic E-state index is 0.617. The Balaban J connectivity index is 1.53. The Kier molecular flexibility index (Phi) is 4.37. The van der Waals surface area contributed by atoms with E-state index in [0.29, 0.717) is 5.41 Å². The van der Waals surface area contributed by atoms with E-state index in [1.165, 1.54) is 57.8 Å². The molecule has 0 aromatic heterocycles. The third-order valence-electron chi connectivity index (χ3n) is 8.35. The average molecular weight is 299 g/mol. The van der Waals surface area contributed by atoms with Gasteiger partial charge in [0.25, 0.3) is 0 Å². The molecule has 4 aliphatic rings. The van der Waals surface area contributed by atoms with Crippen molar-refractivity contribution in [2.24, 2.45) is 29.1 Å². The molecule has 4 fully saturated rings. The largest absolute Gasteiger partial charge is 0.118 e. The van der Waals surface area contributed by atoms with Crippen molar-refractivity contribution in [1.29, 1.82) is 0 Å². The van der Waals surface area contributed by atoms with Crippen molar-refractivity contribution in [3.8, 4) is 0 Å². The molecule has 0 aromatic rings. The van der Waals surface area contributed by atoms with Gasteiger partial charge in [0.15, 0.2) is 0 Å². The Morgan fingerprint density at radius 3 is 2.18 bits per heavy atom. The van der Waals surface area contributed by atoms with E-state index in [1.807, 2.05) is 0 Å². The SMILES string of the molecule is CC1(C)C2CCCCC2C2CCCC([B]C3CCCCC3)C21. The van der Waals surface area contributed by atoms with E-state index in [9.17, 15) is 0 Å². The monoisotopic (exact) mass is 299 g/mol. The Hall–Kier alpha value is 0.0649. The van der Waals surface area contributed by atoms with Crippen LogP contribution in [0.3, 0.4) is 0 Å². The molecule has 0 spiro atoms. The van der Waals surface area contributed by atoms with Gasteiger partial charge >= 0.3 is 0 Å². The van der Waals surface area contributed by atoms with Crippen LogP contribution in [0.2, 0.25) is 11.6 Å². The summed E-state index contributed by atoms with van der Waals surface area (Å²) in [4.78, 5) is 0. The van der Waals surface area contributed by atoms with Crippen LogP contribution in [-0.2, 0) is 0 Å². The summed E-state index contributed by atoms with van der Waals surface area (Å²) in [6, 6.07) is 0. The quantitative estimate of drug-likeness (QED) is 0.511. The van der Waals surface area contributed by atoms with Crippen molar-refractivity contribution < 1.29 is 0 Å². The van der Waals surface area contributed by atoms with Crippen LogP contribution in [0, 0.1) is 29.1 Å². The highest BCUT2D eigenvalue weighted by molar-refractivity contribution is 6.39. The summed E-state index contributed by atoms with van der Waals surface area (Å²) in [5, 5.41) is 0. The first-order valence-corrected chi connectivity index (χ1v) is 10.5. The van der Waals surface area contributed by atoms with E-state index in [2.05, 4.69) is 21.1 Å². The van der Waals surface area contributed by atoms with E-state index in [-0.39, 0.29) is 0 Å². The number of hydrogen-bond donors (Lipinski definition) is 0. The molecule has 22 heavy (non-hydrogen) atoms. The highest BCUT2D eigenvalue weighted by atomic mass is 14.6. The predicted molar refractivity (Wildman–Crippen MR) is 96.4 cm³/mol. The van der Waals surface area contributed by atoms with Crippen LogP contribution in [0.1, 0.15) is 90.9 Å². The number of hydrogen-bond acceptors (Lipinski definition) is 0. The zero-order chi connectivity index (χ0) is 15.2. The standard InChI is InChI=1S/C21H36B/c1-21(2)18-13-7-6-11-16(18)17-12-8-14-19(20(17)21)22-15-9-4-3-5-10-15/h15-20H,3-14H2,1-2H3. The summed E-state index contributed by atoms with van der Waals surface area (Å²) in [5.41, 5.74) is 0.617. The lowest BCUT2D eigenvalue weighted by atomic mass is 9.43. The van der Waals surface area contributed by atoms with Crippen LogP contribution in [0.5, 0.6) is 0 Å². The second-order valence-electron chi connectivity index (χ2n) is 9.75. The summed E-state index contributed by atoms with van der Waals surface area (Å²) >= 11 is 0. The summed E-state index contributed by atoms with van der Waals surface area (Å²) in [6.07, 6.45) is 18.2. The maximum atomic E-state index is 2.90. The summed E-state index contributed by atoms with van der Waals surface area (Å²) in [5.74, 6) is 6.18. The highest BCUT2D eigenvalue weighted by Gasteiger charge is 2.57. The van der Waals surface area contributed by atoms with Gasteiger partial charge in [-0.3, -0.25) is 0 Å². The van der Waals surface area contributed by atoms with Gasteiger partial charge in [-0.25, -0.2) is 0 Å². The zero-order valence-electron chi connectivity index (χ0n) is 15.0. The van der Waals surface area contributed by atoms with Gasteiger partial charge < -0.3 is 0 Å². The molecular formula is C21H36B. The highest BCUT2D eigenvalue weighted by Crippen LogP contribution is 2.66. The minimum atomic E-state index is 0.617. The van der Waals surface area contributed by atoms with Crippen molar-refractivity contribution in [3.63, 3.8) is 0 Å². The second kappa shape index (κ2) is 6.17. The molecular weight excluding hydrogens is 263 g/mol. The first-order valence-electron chi connectivity index (χ1n) is 10.5. The lowest BCUT2D eigenvalue weighted by Crippen LogP contribution is -2.36. The molecule has 0 N–H and O–H groups in total. The van der Waals surface area contributed by atoms with Gasteiger partial charge in [0.05, 0.1) is 0 Å². The van der Waals surface area contributed by atoms with Crippen LogP contribution in [0.4, 0.5) is 0 Å². The van der Waals surface area contributed by atoms with Crippen molar-refractivity contribution in [2.75, 3.05) is 0 Å². The van der Waals surface area contributed by atoms with E-state index in [4.69, 9.17) is 0 Å². The van der Waals surface area contributed by atoms with Crippen LogP contribution in [0.15, 0.2) is 0 Å². The lowest BCUT2D eigenvalue weighted by Gasteiger charge is -2.44. The Morgan fingerprint density at radius 2 is 1.36 bits per heavy atom. The third kappa shape index (κ3) is 2.59. The normalized spacial score (nSPS) is 45.1. The van der Waals surface area contributed by atoms with Crippen molar-refractivity contribution >= 4 is 7.28 Å². The van der Waals surface area contributed by atoms with E-state index < -0.39 is 0 Å². The molecule has 0 aliphatic heterocycles. The molecule has 0 heterocycles. The van der Waals surface area contributed by atoms with Crippen LogP contribution in [-0.4, -0.2) is 7.28 Å². The third-order valence-corrected chi connectivity index (χ3v) is 8.35. The topological polar surface area (TPSA) is 0 Å². The van der Waals surface area contributed by atoms with Crippen molar-refractivity contribution in [3.05, 3.63) is 0 Å². The zero-order valence-corrected chi connectivity index (χ0v) is 15.0. The Bertz CT molecular complexity index is 381. The maximum Gasteiger partial charge on any atom is 0.118 e. The molecule has 123 valence electrons. The first kappa shape index (κ1) is 15.6. The Labute approximate surface area is 139 Å². The van der Waals surface area contributed by atoms with Gasteiger partial charge in [-0.15, -0.1) is 0 Å². The average Bonchev–Trinajstić information content (AvgIpc) is 2.78. The molecule has 1 radical (unpaired) electrons. The van der Waals surface area contributed by atoms with Gasteiger partial charge in [0.2, 0.25) is 0 Å². The van der Waals surface area contributed by atoms with Crippen molar-refractivity contribution in [1.82, 2.24) is 0 Å². The van der Waals surface area contributed by atoms with Gasteiger partial charge in [-0.1, -0.05) is 83.3 Å². The second-order valence-corrected chi connectivity index (χ2v) is 9.75. The maximum absolute atomic E-state index is 2.90. The van der Waals surface area contributed by atoms with Gasteiger partial charge in [0, 0.05) is 0 Å². The fourth-order valence-corrected chi connectivity index (χ4v) is 7.58. The summed E-state index contributed by atoms with van der Waals surface area (Å²) < 4.78 is 0. The Morgan fingerprint density at radius 1 is 0.682 bits per heavy atom. The molecule has 4 rings (SSSR count). The molecule has 0 bridgehead atoms. The molecule has 5 unspecified atom stereocenters. The number of rotatable bonds is 2. The smallest absolute Gasteiger partial charge is 0.0686 e. The molecule has 0 saturated heterocycles. The van der Waals surface area contributed by atoms with E-state index in [0.717, 1.165) is 35.3 Å². The van der Waals surface area contributed by atoms with E-state index >= 15 is 0 Å². The van der Waals surface area contributed by atoms with E-state index in [1.54, 1.807) is 19.3 Å². The molecule has 5 atom stereocenters. The molecule has 0 amide bonds. The molecule has 4 aliphatic carbocycles. The molecule has 0 aromatic carbocycles. The van der Waals surface area contributed by atoms with Crippen LogP contribution >= 0.6 is 0 Å². The van der Waals surface area contributed by atoms with Crippen molar-refractivity contribution in [2.45, 2.75) is 103 Å². The number of fused-ring (bicyclic) bond motifs is 3. The fraction of sp³-hybridized carbons (Fsp3) is 1.00. The lowest BCUT2D eigenvalue weighted by molar-refractivity contribution is 0.124. The summed E-state index contributed by atoms with van der Waals surface area (Å²) in [6.45, 7) is 5.32. The first-order chi connectivity index (χ1) is 10.7. The van der Waals surface area contributed by atoms with Crippen LogP contribution in [0.25, 0.3) is 0 Å². The van der Waals surface area contributed by atoms with Crippen LogP contribution < -0.4 is 0 Å². The molecule has 1 heteroatoms. The minimum Gasteiger partial charge on any atom is -0.0686 e. The molecule has 4 saturated carbocycles.